The van der Waals surface area contributed by atoms with Crippen LogP contribution in [-0.2, 0) is 33.6 Å². The van der Waals surface area contributed by atoms with Crippen molar-refractivity contribution >= 4 is 41.7 Å². The maximum absolute atomic E-state index is 12.0. The average molecular weight is 575 g/mol. The number of carbonyl (C=O) groups is 7. The molecule has 1 rings (SSSR count). The van der Waals surface area contributed by atoms with E-state index in [1.54, 1.807) is 0 Å². The number of unbranched alkanes of at least 4 members (excludes halogenated alkanes) is 4. The molecule has 16 nitrogen and oxygen atoms in total. The number of carboxylic acid groups (broad SMARTS) is 3. The molecule has 0 radical (unpaired) electrons. The van der Waals surface area contributed by atoms with Crippen LogP contribution in [0.2, 0.25) is 0 Å². The Kier molecular flexibility index (Phi) is 15.6. The standard InChI is InChI=1S/C24H38N4O12/c29-17(8-3-1-2-4-9-21(34)40-28-18(30)11-12-19(28)31)25-14-6-5-7-15(22(35)36)26-24(39)27-16(23(37)38)10-13-20(32)33/h15-16,18,30H,1-14H2,(H,25,29)(H,32,33)(H,35,36)(H,37,38)(H2,26,27,39). The predicted octanol–water partition coefficient (Wildman–Crippen LogP) is 0.0829. The highest BCUT2D eigenvalue weighted by Crippen LogP contribution is 2.17. The molecule has 0 spiro atoms. The van der Waals surface area contributed by atoms with Crippen molar-refractivity contribution in [3.63, 3.8) is 0 Å². The number of aliphatic hydroxyl groups excluding tert-OH is 1. The van der Waals surface area contributed by atoms with Crippen LogP contribution in [0.4, 0.5) is 4.79 Å². The van der Waals surface area contributed by atoms with Gasteiger partial charge in [0.05, 0.1) is 0 Å². The van der Waals surface area contributed by atoms with Gasteiger partial charge < -0.3 is 41.2 Å². The first-order valence-corrected chi connectivity index (χ1v) is 13.1. The quantitative estimate of drug-likeness (QED) is 0.0955. The number of urea groups is 1. The number of hydroxylamine groups is 2. The number of aliphatic hydroxyl groups is 1. The number of carboxylic acids is 3. The summed E-state index contributed by atoms with van der Waals surface area (Å²) >= 11 is 0. The van der Waals surface area contributed by atoms with Crippen LogP contribution in [0.1, 0.15) is 83.5 Å². The van der Waals surface area contributed by atoms with Gasteiger partial charge in [0.15, 0.2) is 6.23 Å². The maximum atomic E-state index is 12.0. The lowest BCUT2D eigenvalue weighted by atomic mass is 10.1. The summed E-state index contributed by atoms with van der Waals surface area (Å²) in [5, 5.41) is 44.2. The zero-order valence-corrected chi connectivity index (χ0v) is 22.1. The minimum atomic E-state index is -1.49. The highest BCUT2D eigenvalue weighted by atomic mass is 16.7. The van der Waals surface area contributed by atoms with Crippen LogP contribution >= 0.6 is 0 Å². The lowest BCUT2D eigenvalue weighted by Gasteiger charge is -2.18. The minimum absolute atomic E-state index is 0.0266. The zero-order valence-electron chi connectivity index (χ0n) is 22.1. The van der Waals surface area contributed by atoms with Gasteiger partial charge in [0, 0.05) is 38.6 Å². The predicted molar refractivity (Wildman–Crippen MR) is 134 cm³/mol. The monoisotopic (exact) mass is 574 g/mol. The van der Waals surface area contributed by atoms with E-state index in [1.807, 2.05) is 5.32 Å². The van der Waals surface area contributed by atoms with Crippen LogP contribution < -0.4 is 16.0 Å². The van der Waals surface area contributed by atoms with Crippen molar-refractivity contribution in [1.29, 1.82) is 0 Å². The Morgan fingerprint density at radius 1 is 0.825 bits per heavy atom. The summed E-state index contributed by atoms with van der Waals surface area (Å²) in [4.78, 5) is 85.2. The summed E-state index contributed by atoms with van der Waals surface area (Å²) < 4.78 is 0. The molecular formula is C24H38N4O12. The number of nitrogens with one attached hydrogen (secondary N) is 3. The molecule has 0 aromatic carbocycles. The molecule has 3 atom stereocenters. The van der Waals surface area contributed by atoms with Crippen molar-refractivity contribution in [2.45, 2.75) is 102 Å². The number of aliphatic carboxylic acids is 3. The van der Waals surface area contributed by atoms with Crippen molar-refractivity contribution in [2.75, 3.05) is 6.54 Å². The molecule has 1 fully saturated rings. The third-order valence-corrected chi connectivity index (χ3v) is 5.96. The van der Waals surface area contributed by atoms with E-state index in [2.05, 4.69) is 10.6 Å². The van der Waals surface area contributed by atoms with E-state index in [0.717, 1.165) is 0 Å². The molecule has 226 valence electrons. The number of amides is 4. The van der Waals surface area contributed by atoms with Crippen LogP contribution in [0.5, 0.6) is 0 Å². The molecule has 7 N–H and O–H groups in total. The number of rotatable bonds is 20. The molecule has 3 unspecified atom stereocenters. The smallest absolute Gasteiger partial charge is 0.332 e. The first kappa shape index (κ1) is 34.1. The largest absolute Gasteiger partial charge is 0.481 e. The maximum Gasteiger partial charge on any atom is 0.332 e. The highest BCUT2D eigenvalue weighted by Gasteiger charge is 2.32. The number of carbonyl (C=O) groups excluding carboxylic acids is 4. The van der Waals surface area contributed by atoms with Crippen molar-refractivity contribution in [3.8, 4) is 0 Å². The van der Waals surface area contributed by atoms with Gasteiger partial charge in [0.2, 0.25) is 5.91 Å². The van der Waals surface area contributed by atoms with Crippen LogP contribution in [0.25, 0.3) is 0 Å². The molecule has 40 heavy (non-hydrogen) atoms. The van der Waals surface area contributed by atoms with Gasteiger partial charge in [-0.3, -0.25) is 14.4 Å². The number of nitrogens with zero attached hydrogens (tertiary/aromatic N) is 1. The van der Waals surface area contributed by atoms with Gasteiger partial charge in [-0.05, 0) is 38.5 Å². The molecule has 0 aliphatic carbocycles. The normalized spacial score (nSPS) is 16.1. The second-order valence-electron chi connectivity index (χ2n) is 9.29. The summed E-state index contributed by atoms with van der Waals surface area (Å²) in [5.74, 6) is -5.24. The van der Waals surface area contributed by atoms with Crippen molar-refractivity contribution < 1.29 is 58.8 Å². The number of hydrogen-bond donors (Lipinski definition) is 7. The molecule has 0 aromatic rings. The zero-order chi connectivity index (χ0) is 30.1. The third-order valence-electron chi connectivity index (χ3n) is 5.96. The second-order valence-corrected chi connectivity index (χ2v) is 9.29. The Balaban J connectivity index is 2.15. The second kappa shape index (κ2) is 18.4. The van der Waals surface area contributed by atoms with E-state index in [4.69, 9.17) is 15.1 Å². The summed E-state index contributed by atoms with van der Waals surface area (Å²) in [6.07, 6.45) is 2.02. The SMILES string of the molecule is O=C(O)CCC(NC(=O)NC(CCCCNC(=O)CCCCCCC(=O)ON1C(=O)CCC1O)C(=O)O)C(=O)O. The number of hydrogen-bond acceptors (Lipinski definition) is 9. The molecule has 0 bridgehead atoms. The van der Waals surface area contributed by atoms with Gasteiger partial charge in [0.25, 0.3) is 5.91 Å². The minimum Gasteiger partial charge on any atom is -0.481 e. The van der Waals surface area contributed by atoms with Crippen molar-refractivity contribution in [3.05, 3.63) is 0 Å². The van der Waals surface area contributed by atoms with Crippen LogP contribution in [-0.4, -0.2) is 92.1 Å². The lowest BCUT2D eigenvalue weighted by Crippen LogP contribution is -2.51. The Labute approximate surface area is 230 Å². The molecular weight excluding hydrogens is 536 g/mol. The fourth-order valence-corrected chi connectivity index (χ4v) is 3.75. The van der Waals surface area contributed by atoms with Crippen LogP contribution in [0.15, 0.2) is 0 Å². The molecule has 1 aliphatic heterocycles. The van der Waals surface area contributed by atoms with Gasteiger partial charge in [-0.15, -0.1) is 5.06 Å². The molecule has 0 aromatic heterocycles. The summed E-state index contributed by atoms with van der Waals surface area (Å²) in [7, 11) is 0. The fourth-order valence-electron chi connectivity index (χ4n) is 3.75. The van der Waals surface area contributed by atoms with E-state index in [1.165, 1.54) is 0 Å². The van der Waals surface area contributed by atoms with Gasteiger partial charge in [-0.2, -0.15) is 0 Å². The summed E-state index contributed by atoms with van der Waals surface area (Å²) in [6, 6.07) is -3.84. The molecule has 1 aliphatic rings. The van der Waals surface area contributed by atoms with E-state index < -0.39 is 60.5 Å². The van der Waals surface area contributed by atoms with Gasteiger partial charge in [-0.1, -0.05) is 12.8 Å². The van der Waals surface area contributed by atoms with Crippen LogP contribution in [0.3, 0.4) is 0 Å². The molecule has 1 saturated heterocycles. The Bertz CT molecular complexity index is 912. The fraction of sp³-hybridized carbons (Fsp3) is 0.708. The third kappa shape index (κ3) is 14.3. The molecule has 1 heterocycles. The molecule has 16 heteroatoms. The Hall–Kier alpha value is -3.95. The topological polar surface area (TPSA) is 249 Å². The Morgan fingerprint density at radius 2 is 1.43 bits per heavy atom. The van der Waals surface area contributed by atoms with E-state index in [-0.39, 0.29) is 44.4 Å². The van der Waals surface area contributed by atoms with Crippen molar-refractivity contribution in [1.82, 2.24) is 21.0 Å². The first-order valence-electron chi connectivity index (χ1n) is 13.1. The average Bonchev–Trinajstić information content (AvgIpc) is 3.19. The van der Waals surface area contributed by atoms with E-state index in [0.29, 0.717) is 50.1 Å². The van der Waals surface area contributed by atoms with Gasteiger partial charge in [0.1, 0.15) is 12.1 Å². The van der Waals surface area contributed by atoms with Gasteiger partial charge in [-0.25, -0.2) is 19.2 Å². The van der Waals surface area contributed by atoms with Crippen LogP contribution in [0, 0.1) is 0 Å². The molecule has 4 amide bonds. The first-order chi connectivity index (χ1) is 18.9. The van der Waals surface area contributed by atoms with E-state index >= 15 is 0 Å². The summed E-state index contributed by atoms with van der Waals surface area (Å²) in [6.45, 7) is 0.292. The lowest BCUT2D eigenvalue weighted by molar-refractivity contribution is -0.220. The van der Waals surface area contributed by atoms with E-state index in [9.17, 15) is 43.8 Å². The van der Waals surface area contributed by atoms with Gasteiger partial charge >= 0.3 is 29.9 Å². The Morgan fingerprint density at radius 3 is 1.98 bits per heavy atom. The molecule has 0 saturated carbocycles. The summed E-state index contributed by atoms with van der Waals surface area (Å²) in [5.41, 5.74) is 0. The highest BCUT2D eigenvalue weighted by molar-refractivity contribution is 5.86. The van der Waals surface area contributed by atoms with Crippen molar-refractivity contribution in [2.24, 2.45) is 0 Å².